The molecule has 7 heteroatoms. The van der Waals surface area contributed by atoms with E-state index in [1.165, 1.54) is 0 Å². The minimum Gasteiger partial charge on any atom is -0.492 e. The third-order valence-corrected chi connectivity index (χ3v) is 4.90. The zero-order chi connectivity index (χ0) is 17.4. The number of halogens is 2. The second-order valence-electron chi connectivity index (χ2n) is 6.57. The molecule has 0 heterocycles. The van der Waals surface area contributed by atoms with Crippen LogP contribution < -0.4 is 15.8 Å². The molecule has 1 amide bonds. The molecule has 0 radical (unpaired) electrons. The summed E-state index contributed by atoms with van der Waals surface area (Å²) in [6.07, 6.45) is 3.67. The van der Waals surface area contributed by atoms with Gasteiger partial charge in [0.2, 0.25) is 5.91 Å². The second-order valence-corrected chi connectivity index (χ2v) is 6.57. The largest absolute Gasteiger partial charge is 0.492 e. The number of ether oxygens (including phenoxy) is 1. The maximum atomic E-state index is 12.2. The van der Waals surface area contributed by atoms with Crippen LogP contribution in [-0.2, 0) is 11.3 Å². The predicted octanol–water partition coefficient (Wildman–Crippen LogP) is 3.14. The molecular formula is C19H33Cl2N3O2. The van der Waals surface area contributed by atoms with E-state index in [1.807, 2.05) is 24.3 Å². The highest BCUT2D eigenvalue weighted by Gasteiger charge is 2.36. The van der Waals surface area contributed by atoms with Crippen LogP contribution in [0.3, 0.4) is 0 Å². The van der Waals surface area contributed by atoms with Crippen LogP contribution in [0.5, 0.6) is 5.75 Å². The topological polar surface area (TPSA) is 67.6 Å². The van der Waals surface area contributed by atoms with Crippen LogP contribution in [0.15, 0.2) is 24.3 Å². The average molecular weight is 406 g/mol. The first-order chi connectivity index (χ1) is 11.6. The van der Waals surface area contributed by atoms with Crippen molar-refractivity contribution in [3.63, 3.8) is 0 Å². The highest BCUT2D eigenvalue weighted by Crippen LogP contribution is 2.27. The van der Waals surface area contributed by atoms with Crippen molar-refractivity contribution in [2.45, 2.75) is 51.6 Å². The van der Waals surface area contributed by atoms with E-state index in [1.54, 1.807) is 0 Å². The third kappa shape index (κ3) is 7.31. The minimum absolute atomic E-state index is 0. The molecule has 0 aromatic heterocycles. The molecule has 150 valence electrons. The van der Waals surface area contributed by atoms with Gasteiger partial charge in [-0.05, 0) is 43.6 Å². The molecule has 0 spiro atoms. The number of amides is 1. The zero-order valence-corrected chi connectivity index (χ0v) is 17.5. The highest BCUT2D eigenvalue weighted by molar-refractivity contribution is 5.86. The third-order valence-electron chi connectivity index (χ3n) is 4.90. The van der Waals surface area contributed by atoms with Gasteiger partial charge in [0.05, 0.1) is 5.54 Å². The fourth-order valence-corrected chi connectivity index (χ4v) is 3.13. The first-order valence-electron chi connectivity index (χ1n) is 9.08. The van der Waals surface area contributed by atoms with Gasteiger partial charge in [-0.2, -0.15) is 0 Å². The van der Waals surface area contributed by atoms with Crippen LogP contribution in [0.4, 0.5) is 0 Å². The van der Waals surface area contributed by atoms with Crippen molar-refractivity contribution >= 4 is 30.7 Å². The Kier molecular flexibility index (Phi) is 11.9. The molecule has 1 saturated carbocycles. The van der Waals surface area contributed by atoms with E-state index in [4.69, 9.17) is 10.5 Å². The summed E-state index contributed by atoms with van der Waals surface area (Å²) in [5, 5.41) is 2.96. The summed E-state index contributed by atoms with van der Waals surface area (Å²) in [5.74, 6) is 0.836. The van der Waals surface area contributed by atoms with Gasteiger partial charge in [-0.15, -0.1) is 24.8 Å². The summed E-state index contributed by atoms with van der Waals surface area (Å²) in [7, 11) is 0. The highest BCUT2D eigenvalue weighted by atomic mass is 35.5. The first-order valence-corrected chi connectivity index (χ1v) is 9.08. The van der Waals surface area contributed by atoms with E-state index in [-0.39, 0.29) is 30.7 Å². The van der Waals surface area contributed by atoms with Gasteiger partial charge in [-0.3, -0.25) is 4.79 Å². The van der Waals surface area contributed by atoms with E-state index >= 15 is 0 Å². The molecule has 1 aromatic rings. The summed E-state index contributed by atoms with van der Waals surface area (Å²) >= 11 is 0. The van der Waals surface area contributed by atoms with Gasteiger partial charge in [-0.1, -0.05) is 38.8 Å². The van der Waals surface area contributed by atoms with Gasteiger partial charge >= 0.3 is 0 Å². The van der Waals surface area contributed by atoms with E-state index in [2.05, 4.69) is 24.1 Å². The lowest BCUT2D eigenvalue weighted by molar-refractivity contribution is -0.126. The molecule has 2 rings (SSSR count). The molecule has 1 aliphatic carbocycles. The van der Waals surface area contributed by atoms with Crippen molar-refractivity contribution in [3.05, 3.63) is 29.8 Å². The zero-order valence-electron chi connectivity index (χ0n) is 15.8. The van der Waals surface area contributed by atoms with E-state index in [0.29, 0.717) is 13.2 Å². The minimum atomic E-state index is -0.659. The molecule has 0 saturated heterocycles. The van der Waals surface area contributed by atoms with Gasteiger partial charge < -0.3 is 20.7 Å². The van der Waals surface area contributed by atoms with E-state index < -0.39 is 5.54 Å². The maximum Gasteiger partial charge on any atom is 0.240 e. The number of hydrogen-bond acceptors (Lipinski definition) is 4. The number of nitrogens with one attached hydrogen (secondary N) is 1. The molecule has 3 N–H and O–H groups in total. The van der Waals surface area contributed by atoms with E-state index in [0.717, 1.165) is 56.6 Å². The van der Waals surface area contributed by atoms with Gasteiger partial charge in [0.15, 0.2) is 0 Å². The molecule has 1 aromatic carbocycles. The second kappa shape index (κ2) is 12.4. The molecule has 0 atom stereocenters. The average Bonchev–Trinajstić information content (AvgIpc) is 3.05. The fourth-order valence-electron chi connectivity index (χ4n) is 3.13. The molecule has 5 nitrogen and oxygen atoms in total. The molecule has 0 aliphatic heterocycles. The Morgan fingerprint density at radius 1 is 1.15 bits per heavy atom. The number of carbonyl (C=O) groups excluding carboxylic acids is 1. The van der Waals surface area contributed by atoms with Crippen molar-refractivity contribution in [2.75, 3.05) is 26.2 Å². The van der Waals surface area contributed by atoms with E-state index in [9.17, 15) is 4.79 Å². The Labute approximate surface area is 169 Å². The monoisotopic (exact) mass is 405 g/mol. The molecule has 1 aliphatic rings. The van der Waals surface area contributed by atoms with Crippen LogP contribution in [-0.4, -0.2) is 42.6 Å². The molecule has 0 bridgehead atoms. The number of carbonyl (C=O) groups is 1. The molecule has 26 heavy (non-hydrogen) atoms. The van der Waals surface area contributed by atoms with Crippen LogP contribution >= 0.6 is 24.8 Å². The summed E-state index contributed by atoms with van der Waals surface area (Å²) in [4.78, 5) is 14.5. The smallest absolute Gasteiger partial charge is 0.240 e. The molecular weight excluding hydrogens is 373 g/mol. The fraction of sp³-hybridized carbons (Fsp3) is 0.632. The first kappa shape index (κ1) is 25.0. The summed E-state index contributed by atoms with van der Waals surface area (Å²) in [5.41, 5.74) is 6.55. The summed E-state index contributed by atoms with van der Waals surface area (Å²) < 4.78 is 5.77. The normalized spacial score (nSPS) is 15.1. The van der Waals surface area contributed by atoms with Crippen molar-refractivity contribution in [3.8, 4) is 5.75 Å². The number of benzene rings is 1. The van der Waals surface area contributed by atoms with Gasteiger partial charge in [0.25, 0.3) is 0 Å². The summed E-state index contributed by atoms with van der Waals surface area (Å²) in [6, 6.07) is 7.89. The Bertz CT molecular complexity index is 516. The van der Waals surface area contributed by atoms with Crippen molar-refractivity contribution in [2.24, 2.45) is 5.73 Å². The van der Waals surface area contributed by atoms with Crippen LogP contribution in [0, 0.1) is 0 Å². The lowest BCUT2D eigenvalue weighted by Gasteiger charge is -2.22. The SMILES string of the molecule is CCN(CC)CCOc1ccc(CNC(=O)C2(N)CCCC2)cc1.Cl.Cl. The number of hydrogen-bond donors (Lipinski definition) is 2. The number of nitrogens with zero attached hydrogens (tertiary/aromatic N) is 1. The number of likely N-dealkylation sites (N-methyl/N-ethyl adjacent to an activating group) is 1. The lowest BCUT2D eigenvalue weighted by atomic mass is 9.98. The number of rotatable bonds is 9. The van der Waals surface area contributed by atoms with Crippen LogP contribution in [0.25, 0.3) is 0 Å². The number of nitrogens with two attached hydrogens (primary N) is 1. The standard InChI is InChI=1S/C19H31N3O2.2ClH/c1-3-22(4-2)13-14-24-17-9-7-16(8-10-17)15-21-18(23)19(20)11-5-6-12-19;;/h7-10H,3-6,11-15,20H2,1-2H3,(H,21,23);2*1H. The Morgan fingerprint density at radius 3 is 2.27 bits per heavy atom. The Morgan fingerprint density at radius 2 is 1.73 bits per heavy atom. The maximum absolute atomic E-state index is 12.2. The molecule has 0 unspecified atom stereocenters. The van der Waals surface area contributed by atoms with Gasteiger partial charge in [0.1, 0.15) is 12.4 Å². The van der Waals surface area contributed by atoms with Crippen LogP contribution in [0.1, 0.15) is 45.1 Å². The summed E-state index contributed by atoms with van der Waals surface area (Å²) in [6.45, 7) is 8.53. The van der Waals surface area contributed by atoms with Crippen molar-refractivity contribution in [1.82, 2.24) is 10.2 Å². The Balaban J connectivity index is 0.00000312. The van der Waals surface area contributed by atoms with Crippen molar-refractivity contribution < 1.29 is 9.53 Å². The lowest BCUT2D eigenvalue weighted by Crippen LogP contribution is -2.51. The Hall–Kier alpha value is -1.01. The van der Waals surface area contributed by atoms with Gasteiger partial charge in [0, 0.05) is 13.1 Å². The quantitative estimate of drug-likeness (QED) is 0.661. The van der Waals surface area contributed by atoms with Crippen LogP contribution in [0.2, 0.25) is 0 Å². The molecule has 1 fully saturated rings. The van der Waals surface area contributed by atoms with Gasteiger partial charge in [-0.25, -0.2) is 0 Å². The predicted molar refractivity (Wildman–Crippen MR) is 111 cm³/mol. The van der Waals surface area contributed by atoms with Crippen molar-refractivity contribution in [1.29, 1.82) is 0 Å².